The molecular weight excluding hydrogens is 394 g/mol. The monoisotopic (exact) mass is 415 g/mol. The maximum Gasteiger partial charge on any atom is 0.337 e. The van der Waals surface area contributed by atoms with Gasteiger partial charge in [0.15, 0.2) is 11.5 Å². The van der Waals surface area contributed by atoms with Crippen LogP contribution < -0.4 is 9.47 Å². The summed E-state index contributed by atoms with van der Waals surface area (Å²) in [6.45, 7) is 0. The number of hydrazone groups is 1. The molecule has 31 heavy (non-hydrogen) atoms. The summed E-state index contributed by atoms with van der Waals surface area (Å²) in [5, 5.41) is 6.90. The van der Waals surface area contributed by atoms with Gasteiger partial charge < -0.3 is 14.2 Å². The van der Waals surface area contributed by atoms with Crippen molar-refractivity contribution in [3.8, 4) is 11.5 Å². The summed E-state index contributed by atoms with van der Waals surface area (Å²) in [7, 11) is 3.00. The molecule has 0 spiro atoms. The third kappa shape index (κ3) is 3.28. The van der Waals surface area contributed by atoms with Crippen LogP contribution in [-0.2, 0) is 4.74 Å². The highest BCUT2D eigenvalue weighted by Crippen LogP contribution is 2.50. The highest BCUT2D eigenvalue weighted by molar-refractivity contribution is 6.01. The number of hydrogen-bond donors (Lipinski definition) is 0. The molecule has 0 aliphatic carbocycles. The molecular formula is C24H21N3O4. The summed E-state index contributed by atoms with van der Waals surface area (Å²) < 4.78 is 16.8. The van der Waals surface area contributed by atoms with E-state index >= 15 is 0 Å². The minimum absolute atomic E-state index is 0.000611. The van der Waals surface area contributed by atoms with Gasteiger partial charge in [0.1, 0.15) is 0 Å². The lowest BCUT2D eigenvalue weighted by atomic mass is 9.96. The average Bonchev–Trinajstić information content (AvgIpc) is 3.29. The van der Waals surface area contributed by atoms with E-state index in [1.165, 1.54) is 7.11 Å². The van der Waals surface area contributed by atoms with Gasteiger partial charge in [-0.2, -0.15) is 5.10 Å². The fourth-order valence-electron chi connectivity index (χ4n) is 4.07. The molecule has 0 saturated heterocycles. The zero-order chi connectivity index (χ0) is 21.4. The molecule has 0 amide bonds. The van der Waals surface area contributed by atoms with E-state index in [1.54, 1.807) is 25.4 Å². The second kappa shape index (κ2) is 7.75. The first-order valence-corrected chi connectivity index (χ1v) is 9.97. The first kappa shape index (κ1) is 19.1. The zero-order valence-electron chi connectivity index (χ0n) is 17.2. The molecule has 2 atom stereocenters. The van der Waals surface area contributed by atoms with Gasteiger partial charge >= 0.3 is 5.97 Å². The second-order valence-electron chi connectivity index (χ2n) is 7.35. The number of fused-ring (bicyclic) bond motifs is 3. The number of ether oxygens (including phenoxy) is 3. The van der Waals surface area contributed by atoms with Gasteiger partial charge in [0.25, 0.3) is 0 Å². The summed E-state index contributed by atoms with van der Waals surface area (Å²) in [5.41, 5.74) is 4.34. The Labute approximate surface area is 179 Å². The topological polar surface area (TPSA) is 73.2 Å². The molecule has 7 nitrogen and oxygen atoms in total. The van der Waals surface area contributed by atoms with Crippen LogP contribution >= 0.6 is 0 Å². The maximum atomic E-state index is 11.8. The van der Waals surface area contributed by atoms with Crippen LogP contribution in [-0.4, -0.2) is 35.9 Å². The number of nitrogens with zero attached hydrogens (tertiary/aromatic N) is 3. The molecule has 0 N–H and O–H groups in total. The summed E-state index contributed by atoms with van der Waals surface area (Å²) in [6.07, 6.45) is 3.84. The summed E-state index contributed by atoms with van der Waals surface area (Å²) in [4.78, 5) is 16.1. The molecule has 3 heterocycles. The largest absolute Gasteiger partial charge is 0.493 e. The van der Waals surface area contributed by atoms with Crippen LogP contribution in [0.25, 0.3) is 0 Å². The number of pyridine rings is 1. The molecule has 2 aliphatic heterocycles. The van der Waals surface area contributed by atoms with Crippen LogP contribution in [0.15, 0.2) is 72.1 Å². The van der Waals surface area contributed by atoms with Gasteiger partial charge in [-0.15, -0.1) is 0 Å². The summed E-state index contributed by atoms with van der Waals surface area (Å²) in [5.74, 6) is 1.03. The van der Waals surface area contributed by atoms with Crippen molar-refractivity contribution in [3.05, 3.63) is 89.2 Å². The van der Waals surface area contributed by atoms with E-state index in [0.29, 0.717) is 11.3 Å². The Kier molecular flexibility index (Phi) is 4.78. The van der Waals surface area contributed by atoms with Gasteiger partial charge in [-0.05, 0) is 24.3 Å². The van der Waals surface area contributed by atoms with Gasteiger partial charge in [0.2, 0.25) is 6.23 Å². The van der Waals surface area contributed by atoms with Crippen molar-refractivity contribution in [1.29, 1.82) is 0 Å². The van der Waals surface area contributed by atoms with E-state index in [-0.39, 0.29) is 12.0 Å². The number of benzene rings is 2. The van der Waals surface area contributed by atoms with Gasteiger partial charge in [0.05, 0.1) is 31.5 Å². The lowest BCUT2D eigenvalue weighted by Gasteiger charge is -2.38. The number of carbonyl (C=O) groups excluding carboxylic acids is 1. The highest BCUT2D eigenvalue weighted by Gasteiger charge is 2.42. The third-order valence-electron chi connectivity index (χ3n) is 5.61. The van der Waals surface area contributed by atoms with Crippen molar-refractivity contribution in [2.24, 2.45) is 5.10 Å². The number of aromatic nitrogens is 1. The second-order valence-corrected chi connectivity index (χ2v) is 7.35. The lowest BCUT2D eigenvalue weighted by Crippen LogP contribution is -2.33. The third-order valence-corrected chi connectivity index (χ3v) is 5.61. The molecule has 1 aromatic heterocycles. The normalized spacial score (nSPS) is 19.0. The molecule has 156 valence electrons. The summed E-state index contributed by atoms with van der Waals surface area (Å²) in [6, 6.07) is 17.0. The molecule has 0 saturated carbocycles. The molecule has 2 aromatic carbocycles. The van der Waals surface area contributed by atoms with Crippen LogP contribution in [0.1, 0.15) is 45.7 Å². The molecule has 2 aliphatic rings. The lowest BCUT2D eigenvalue weighted by molar-refractivity contribution is -0.0209. The van der Waals surface area contributed by atoms with E-state index < -0.39 is 6.23 Å². The number of carbonyl (C=O) groups is 1. The van der Waals surface area contributed by atoms with E-state index in [0.717, 1.165) is 34.6 Å². The van der Waals surface area contributed by atoms with Crippen molar-refractivity contribution in [2.75, 3.05) is 14.2 Å². The minimum Gasteiger partial charge on any atom is -0.493 e. The number of para-hydroxylation sites is 1. The average molecular weight is 415 g/mol. The molecule has 0 fully saturated rings. The van der Waals surface area contributed by atoms with E-state index in [9.17, 15) is 4.79 Å². The first-order valence-electron chi connectivity index (χ1n) is 9.97. The van der Waals surface area contributed by atoms with Crippen LogP contribution in [0.5, 0.6) is 11.5 Å². The zero-order valence-corrected chi connectivity index (χ0v) is 17.2. The van der Waals surface area contributed by atoms with Gasteiger partial charge in [-0.3, -0.25) is 4.98 Å². The van der Waals surface area contributed by atoms with Gasteiger partial charge in [-0.25, -0.2) is 9.80 Å². The molecule has 0 bridgehead atoms. The minimum atomic E-state index is -0.463. The Balaban J connectivity index is 1.58. The fourth-order valence-corrected chi connectivity index (χ4v) is 4.07. The van der Waals surface area contributed by atoms with Crippen molar-refractivity contribution in [3.63, 3.8) is 0 Å². The first-order chi connectivity index (χ1) is 15.2. The van der Waals surface area contributed by atoms with Crippen molar-refractivity contribution >= 4 is 11.7 Å². The Morgan fingerprint density at radius 3 is 2.65 bits per heavy atom. The molecule has 7 heteroatoms. The van der Waals surface area contributed by atoms with Crippen molar-refractivity contribution in [1.82, 2.24) is 9.99 Å². The Hall–Kier alpha value is -3.87. The Morgan fingerprint density at radius 2 is 1.94 bits per heavy atom. The Bertz CT molecular complexity index is 1150. The standard InChI is InChI=1S/C24H21N3O4/c1-29-21-7-3-6-18-20-13-19(17-5-4-12-25-14-17)26-27(20)23(31-22(18)21)15-8-10-16(11-9-15)24(28)30-2/h3-12,14,20,23H,13H2,1-2H3/t20-,23+/m0/s1. The maximum absolute atomic E-state index is 11.8. The Morgan fingerprint density at radius 1 is 1.10 bits per heavy atom. The van der Waals surface area contributed by atoms with Crippen molar-refractivity contribution in [2.45, 2.75) is 18.7 Å². The quantitative estimate of drug-likeness (QED) is 0.597. The van der Waals surface area contributed by atoms with Gasteiger partial charge in [0, 0.05) is 35.5 Å². The molecule has 3 aromatic rings. The predicted molar refractivity (Wildman–Crippen MR) is 114 cm³/mol. The number of esters is 1. The molecule has 5 rings (SSSR count). The van der Waals surface area contributed by atoms with Crippen LogP contribution in [0, 0.1) is 0 Å². The number of methoxy groups -OCH3 is 2. The predicted octanol–water partition coefficient (Wildman–Crippen LogP) is 4.12. The number of rotatable bonds is 4. The van der Waals surface area contributed by atoms with Gasteiger partial charge in [-0.1, -0.05) is 30.3 Å². The van der Waals surface area contributed by atoms with E-state index in [1.807, 2.05) is 53.7 Å². The van der Waals surface area contributed by atoms with E-state index in [4.69, 9.17) is 19.3 Å². The SMILES string of the molecule is COC(=O)c1ccc([C@H]2Oc3c(OC)cccc3[C@@H]3CC(c4cccnc4)=NN23)cc1. The highest BCUT2D eigenvalue weighted by atomic mass is 16.5. The van der Waals surface area contributed by atoms with Crippen LogP contribution in [0.3, 0.4) is 0 Å². The van der Waals surface area contributed by atoms with Crippen molar-refractivity contribution < 1.29 is 19.0 Å². The number of hydrogen-bond acceptors (Lipinski definition) is 7. The summed E-state index contributed by atoms with van der Waals surface area (Å²) >= 11 is 0. The molecule has 0 radical (unpaired) electrons. The molecule has 0 unspecified atom stereocenters. The van der Waals surface area contributed by atoms with Crippen LogP contribution in [0.4, 0.5) is 0 Å². The van der Waals surface area contributed by atoms with E-state index in [2.05, 4.69) is 4.98 Å². The fraction of sp³-hybridized carbons (Fsp3) is 0.208. The smallest absolute Gasteiger partial charge is 0.337 e. The van der Waals surface area contributed by atoms with Crippen LogP contribution in [0.2, 0.25) is 0 Å².